The Labute approximate surface area is 198 Å². The average molecular weight is 463 g/mol. The van der Waals surface area contributed by atoms with Gasteiger partial charge in [0.1, 0.15) is 12.2 Å². The lowest BCUT2D eigenvalue weighted by Crippen LogP contribution is -2.38. The number of fused-ring (bicyclic) bond motifs is 2. The van der Waals surface area contributed by atoms with Gasteiger partial charge >= 0.3 is 5.97 Å². The van der Waals surface area contributed by atoms with E-state index in [4.69, 9.17) is 29.9 Å². The molecule has 1 fully saturated rings. The third-order valence-electron chi connectivity index (χ3n) is 6.65. The standard InChI is InChI=1S/C26H30N4O4/c1-14-15(2)33-25(31)19-8-5-16(30-23(14)19)9-17-10-20-21(11-28-17)24(34-18-6-7-18)29-12-22(20)26(3,27)13-32-4/h5,8,10-12,14-15,18H,6-7,9,13,27H2,1-4H3/t14-,15-,26-/m0/s1. The lowest BCUT2D eigenvalue weighted by Gasteiger charge is -2.27. The number of ether oxygens (including phenoxy) is 3. The highest BCUT2D eigenvalue weighted by Crippen LogP contribution is 2.35. The van der Waals surface area contributed by atoms with Crippen LogP contribution in [-0.2, 0) is 21.4 Å². The highest BCUT2D eigenvalue weighted by Gasteiger charge is 2.32. The van der Waals surface area contributed by atoms with Crippen molar-refractivity contribution in [1.29, 1.82) is 0 Å². The van der Waals surface area contributed by atoms with Gasteiger partial charge in [0, 0.05) is 48.8 Å². The molecule has 0 radical (unpaired) electrons. The van der Waals surface area contributed by atoms with Crippen LogP contribution in [0.3, 0.4) is 0 Å². The van der Waals surface area contributed by atoms with Crippen molar-refractivity contribution in [2.24, 2.45) is 5.73 Å². The molecule has 5 rings (SSSR count). The van der Waals surface area contributed by atoms with Gasteiger partial charge in [-0.3, -0.25) is 9.97 Å². The number of methoxy groups -OCH3 is 1. The van der Waals surface area contributed by atoms with E-state index in [1.54, 1.807) is 19.4 Å². The van der Waals surface area contributed by atoms with Crippen LogP contribution in [0.25, 0.3) is 10.8 Å². The van der Waals surface area contributed by atoms with E-state index in [-0.39, 0.29) is 24.1 Å². The molecular formula is C26H30N4O4. The van der Waals surface area contributed by atoms with E-state index in [9.17, 15) is 4.79 Å². The zero-order valence-electron chi connectivity index (χ0n) is 20.0. The summed E-state index contributed by atoms with van der Waals surface area (Å²) < 4.78 is 16.8. The third-order valence-corrected chi connectivity index (χ3v) is 6.65. The molecule has 2 N–H and O–H groups in total. The molecule has 0 amide bonds. The number of hydrogen-bond donors (Lipinski definition) is 1. The summed E-state index contributed by atoms with van der Waals surface area (Å²) in [6.45, 7) is 6.20. The molecular weight excluding hydrogens is 432 g/mol. The van der Waals surface area contributed by atoms with Gasteiger partial charge in [0.25, 0.3) is 0 Å². The Bertz CT molecular complexity index is 1260. The van der Waals surface area contributed by atoms with Crippen molar-refractivity contribution in [1.82, 2.24) is 15.0 Å². The summed E-state index contributed by atoms with van der Waals surface area (Å²) in [4.78, 5) is 26.3. The molecule has 2 aliphatic rings. The van der Waals surface area contributed by atoms with Gasteiger partial charge in [-0.1, -0.05) is 6.92 Å². The van der Waals surface area contributed by atoms with E-state index < -0.39 is 5.54 Å². The summed E-state index contributed by atoms with van der Waals surface area (Å²) in [7, 11) is 1.64. The van der Waals surface area contributed by atoms with Crippen molar-refractivity contribution in [2.45, 2.75) is 63.7 Å². The number of aromatic nitrogens is 3. The SMILES string of the molecule is COC[C@](C)(N)c1cnc(OC2CC2)c2cnc(Cc3ccc4c(n3)[C@@H](C)[C@H](C)OC4=O)cc12. The van der Waals surface area contributed by atoms with Gasteiger partial charge in [-0.25, -0.2) is 9.78 Å². The Morgan fingerprint density at radius 1 is 1.15 bits per heavy atom. The Morgan fingerprint density at radius 2 is 1.94 bits per heavy atom. The van der Waals surface area contributed by atoms with Crippen LogP contribution in [0.15, 0.2) is 30.6 Å². The largest absolute Gasteiger partial charge is 0.474 e. The fraction of sp³-hybridized carbons (Fsp3) is 0.462. The highest BCUT2D eigenvalue weighted by atomic mass is 16.5. The number of rotatable bonds is 7. The van der Waals surface area contributed by atoms with Crippen LogP contribution >= 0.6 is 0 Å². The molecule has 3 aromatic rings. The highest BCUT2D eigenvalue weighted by molar-refractivity contribution is 5.92. The third kappa shape index (κ3) is 4.23. The van der Waals surface area contributed by atoms with Gasteiger partial charge in [0.15, 0.2) is 0 Å². The predicted octanol–water partition coefficient (Wildman–Crippen LogP) is 3.64. The number of pyridine rings is 3. The van der Waals surface area contributed by atoms with E-state index in [0.717, 1.165) is 46.3 Å². The minimum absolute atomic E-state index is 0.0315. The van der Waals surface area contributed by atoms with Crippen LogP contribution in [0, 0.1) is 0 Å². The fourth-order valence-electron chi connectivity index (χ4n) is 4.40. The van der Waals surface area contributed by atoms with E-state index in [1.165, 1.54) is 0 Å². The second-order valence-electron chi connectivity index (χ2n) is 9.68. The van der Waals surface area contributed by atoms with Gasteiger partial charge in [0.05, 0.1) is 28.8 Å². The maximum atomic E-state index is 12.2. The summed E-state index contributed by atoms with van der Waals surface area (Å²) in [6.07, 6.45) is 6.22. The van der Waals surface area contributed by atoms with E-state index >= 15 is 0 Å². The molecule has 1 aliphatic heterocycles. The van der Waals surface area contributed by atoms with Crippen molar-refractivity contribution in [3.05, 3.63) is 58.8 Å². The molecule has 0 spiro atoms. The fourth-order valence-corrected chi connectivity index (χ4v) is 4.40. The first-order valence-corrected chi connectivity index (χ1v) is 11.7. The van der Waals surface area contributed by atoms with Gasteiger partial charge < -0.3 is 19.9 Å². The molecule has 3 aromatic heterocycles. The lowest BCUT2D eigenvalue weighted by molar-refractivity contribution is 0.0234. The molecule has 0 aromatic carbocycles. The first kappa shape index (κ1) is 22.7. The van der Waals surface area contributed by atoms with E-state index in [2.05, 4.69) is 4.98 Å². The predicted molar refractivity (Wildman–Crippen MR) is 127 cm³/mol. The maximum Gasteiger partial charge on any atom is 0.340 e. The smallest absolute Gasteiger partial charge is 0.340 e. The lowest BCUT2D eigenvalue weighted by atomic mass is 9.91. The van der Waals surface area contributed by atoms with Crippen LogP contribution in [0.4, 0.5) is 0 Å². The quantitative estimate of drug-likeness (QED) is 0.530. The number of nitrogens with zero attached hydrogens (tertiary/aromatic N) is 3. The number of esters is 1. The Hall–Kier alpha value is -3.10. The molecule has 0 saturated heterocycles. The summed E-state index contributed by atoms with van der Waals surface area (Å²) in [6, 6.07) is 5.70. The molecule has 0 unspecified atom stereocenters. The van der Waals surface area contributed by atoms with Crippen molar-refractivity contribution in [2.75, 3.05) is 13.7 Å². The van der Waals surface area contributed by atoms with Crippen molar-refractivity contribution < 1.29 is 19.0 Å². The van der Waals surface area contributed by atoms with E-state index in [1.807, 2.05) is 39.1 Å². The van der Waals surface area contributed by atoms with Crippen LogP contribution < -0.4 is 10.5 Å². The van der Waals surface area contributed by atoms with E-state index in [0.29, 0.717) is 24.5 Å². The van der Waals surface area contributed by atoms with Crippen LogP contribution in [0.2, 0.25) is 0 Å². The van der Waals surface area contributed by atoms with Crippen molar-refractivity contribution in [3.8, 4) is 5.88 Å². The van der Waals surface area contributed by atoms with Crippen LogP contribution in [0.1, 0.15) is 72.5 Å². The molecule has 1 aliphatic carbocycles. The van der Waals surface area contributed by atoms with Crippen molar-refractivity contribution in [3.63, 3.8) is 0 Å². The minimum Gasteiger partial charge on any atom is -0.474 e. The van der Waals surface area contributed by atoms with Gasteiger partial charge in [0.2, 0.25) is 5.88 Å². The maximum absolute atomic E-state index is 12.2. The Kier molecular flexibility index (Phi) is 5.73. The summed E-state index contributed by atoms with van der Waals surface area (Å²) in [5, 5.41) is 1.78. The number of nitrogens with two attached hydrogens (primary N) is 1. The molecule has 0 bridgehead atoms. The first-order valence-electron chi connectivity index (χ1n) is 11.7. The second-order valence-corrected chi connectivity index (χ2v) is 9.68. The normalized spacial score (nSPS) is 21.6. The second kappa shape index (κ2) is 8.60. The van der Waals surface area contributed by atoms with Crippen LogP contribution in [-0.4, -0.2) is 46.8 Å². The zero-order chi connectivity index (χ0) is 24.0. The molecule has 8 heteroatoms. The van der Waals surface area contributed by atoms with Crippen LogP contribution in [0.5, 0.6) is 5.88 Å². The minimum atomic E-state index is -0.729. The van der Waals surface area contributed by atoms with Gasteiger partial charge in [-0.15, -0.1) is 0 Å². The van der Waals surface area contributed by atoms with Crippen molar-refractivity contribution >= 4 is 16.7 Å². The average Bonchev–Trinajstić information content (AvgIpc) is 3.61. The molecule has 8 nitrogen and oxygen atoms in total. The molecule has 34 heavy (non-hydrogen) atoms. The molecule has 4 heterocycles. The summed E-state index contributed by atoms with van der Waals surface area (Å²) >= 11 is 0. The molecule has 1 saturated carbocycles. The zero-order valence-corrected chi connectivity index (χ0v) is 20.0. The monoisotopic (exact) mass is 462 g/mol. The number of hydrogen-bond acceptors (Lipinski definition) is 8. The Balaban J connectivity index is 1.54. The van der Waals surface area contributed by atoms with Gasteiger partial charge in [-0.2, -0.15) is 0 Å². The topological polar surface area (TPSA) is 109 Å². The summed E-state index contributed by atoms with van der Waals surface area (Å²) in [5.74, 6) is 0.301. The Morgan fingerprint density at radius 3 is 2.68 bits per heavy atom. The number of carbonyl (C=O) groups is 1. The van der Waals surface area contributed by atoms with Gasteiger partial charge in [-0.05, 0) is 50.3 Å². The number of carbonyl (C=O) groups excluding carboxylic acids is 1. The number of cyclic esters (lactones) is 1. The first-order chi connectivity index (χ1) is 16.3. The molecule has 178 valence electrons. The summed E-state index contributed by atoms with van der Waals surface area (Å²) in [5.41, 5.74) is 9.77. The molecule has 3 atom stereocenters.